The molecule has 2 heterocycles. The van der Waals surface area contributed by atoms with E-state index in [-0.39, 0.29) is 11.9 Å². The standard InChI is InChI=1S/C23H20N4O2/c1-2-4-15-6-8-16(9-7-15)25-23(29)26-18-10-11-21-19(14-18)20(22(28)27-21)13-17-5-3-12-24-17/h2-3,5-14,24H,1,4H2,(H,27,28)(H2,25,26,29)/b20-13-. The maximum atomic E-state index is 12.4. The molecule has 4 rings (SSSR count). The van der Waals surface area contributed by atoms with Crippen molar-refractivity contribution in [2.75, 3.05) is 16.0 Å². The summed E-state index contributed by atoms with van der Waals surface area (Å²) in [5.41, 5.74) is 5.26. The highest BCUT2D eigenvalue weighted by Gasteiger charge is 2.24. The average molecular weight is 384 g/mol. The van der Waals surface area contributed by atoms with Crippen molar-refractivity contribution in [2.45, 2.75) is 6.42 Å². The summed E-state index contributed by atoms with van der Waals surface area (Å²) in [5, 5.41) is 8.46. The van der Waals surface area contributed by atoms with Crippen LogP contribution in [0.2, 0.25) is 0 Å². The number of fused-ring (bicyclic) bond motifs is 1. The summed E-state index contributed by atoms with van der Waals surface area (Å²) in [6.07, 6.45) is 6.20. The van der Waals surface area contributed by atoms with Gasteiger partial charge in [0, 0.05) is 34.5 Å². The first-order chi connectivity index (χ1) is 14.1. The lowest BCUT2D eigenvalue weighted by atomic mass is 10.1. The Morgan fingerprint density at radius 2 is 1.79 bits per heavy atom. The van der Waals surface area contributed by atoms with Crippen molar-refractivity contribution in [3.8, 4) is 0 Å². The fourth-order valence-corrected chi connectivity index (χ4v) is 3.18. The molecule has 1 aromatic heterocycles. The molecule has 6 heteroatoms. The Hall–Kier alpha value is -4.06. The predicted octanol–water partition coefficient (Wildman–Crippen LogP) is 4.88. The van der Waals surface area contributed by atoms with Crippen molar-refractivity contribution in [1.82, 2.24) is 4.98 Å². The van der Waals surface area contributed by atoms with Crippen LogP contribution in [0.5, 0.6) is 0 Å². The van der Waals surface area contributed by atoms with Crippen molar-refractivity contribution >= 4 is 40.6 Å². The number of carbonyl (C=O) groups is 2. The van der Waals surface area contributed by atoms with E-state index in [9.17, 15) is 9.59 Å². The van der Waals surface area contributed by atoms with Crippen LogP contribution in [0.25, 0.3) is 11.6 Å². The van der Waals surface area contributed by atoms with Crippen LogP contribution < -0.4 is 16.0 Å². The number of benzene rings is 2. The minimum Gasteiger partial charge on any atom is -0.362 e. The van der Waals surface area contributed by atoms with E-state index in [0.717, 1.165) is 28.9 Å². The van der Waals surface area contributed by atoms with Crippen LogP contribution in [0.1, 0.15) is 16.8 Å². The van der Waals surface area contributed by atoms with E-state index in [1.807, 2.05) is 42.5 Å². The van der Waals surface area contributed by atoms with E-state index in [1.165, 1.54) is 0 Å². The molecule has 0 saturated heterocycles. The Bertz CT molecular complexity index is 1100. The van der Waals surface area contributed by atoms with E-state index < -0.39 is 0 Å². The molecule has 0 unspecified atom stereocenters. The third-order valence-corrected chi connectivity index (χ3v) is 4.57. The third-order valence-electron chi connectivity index (χ3n) is 4.57. The van der Waals surface area contributed by atoms with Gasteiger partial charge in [0.05, 0.1) is 5.57 Å². The normalized spacial score (nSPS) is 13.7. The zero-order valence-electron chi connectivity index (χ0n) is 15.7. The van der Waals surface area contributed by atoms with Gasteiger partial charge in [0.2, 0.25) is 0 Å². The first-order valence-corrected chi connectivity index (χ1v) is 9.21. The van der Waals surface area contributed by atoms with Crippen LogP contribution in [0.4, 0.5) is 21.9 Å². The van der Waals surface area contributed by atoms with Gasteiger partial charge >= 0.3 is 6.03 Å². The molecule has 144 valence electrons. The van der Waals surface area contributed by atoms with Gasteiger partial charge in [0.15, 0.2) is 0 Å². The summed E-state index contributed by atoms with van der Waals surface area (Å²) in [5.74, 6) is -0.171. The number of anilines is 3. The van der Waals surface area contributed by atoms with Gasteiger partial charge in [-0.2, -0.15) is 0 Å². The predicted molar refractivity (Wildman–Crippen MR) is 117 cm³/mol. The largest absolute Gasteiger partial charge is 0.362 e. The van der Waals surface area contributed by atoms with Crippen LogP contribution in [0.15, 0.2) is 73.4 Å². The Kier molecular flexibility index (Phi) is 4.99. The molecule has 4 N–H and O–H groups in total. The summed E-state index contributed by atoms with van der Waals surface area (Å²) in [6, 6.07) is 16.3. The number of hydrogen-bond acceptors (Lipinski definition) is 2. The molecule has 1 aliphatic heterocycles. The summed E-state index contributed by atoms with van der Waals surface area (Å²) in [6.45, 7) is 3.72. The highest BCUT2D eigenvalue weighted by Crippen LogP contribution is 2.35. The van der Waals surface area contributed by atoms with E-state index in [0.29, 0.717) is 16.9 Å². The van der Waals surface area contributed by atoms with Gasteiger partial charge in [0.25, 0.3) is 5.91 Å². The molecule has 0 atom stereocenters. The van der Waals surface area contributed by atoms with E-state index in [4.69, 9.17) is 0 Å². The molecular formula is C23H20N4O2. The summed E-state index contributed by atoms with van der Waals surface area (Å²) in [4.78, 5) is 27.7. The number of urea groups is 1. The maximum Gasteiger partial charge on any atom is 0.323 e. The molecule has 29 heavy (non-hydrogen) atoms. The second-order valence-electron chi connectivity index (χ2n) is 6.67. The highest BCUT2D eigenvalue weighted by atomic mass is 16.2. The first kappa shape index (κ1) is 18.3. The van der Waals surface area contributed by atoms with Crippen LogP contribution >= 0.6 is 0 Å². The molecule has 2 aromatic carbocycles. The van der Waals surface area contributed by atoms with Gasteiger partial charge in [-0.15, -0.1) is 6.58 Å². The van der Waals surface area contributed by atoms with Gasteiger partial charge in [-0.1, -0.05) is 18.2 Å². The topological polar surface area (TPSA) is 86.0 Å². The number of hydrogen-bond donors (Lipinski definition) is 4. The number of allylic oxidation sites excluding steroid dienone is 1. The maximum absolute atomic E-state index is 12.4. The van der Waals surface area contributed by atoms with E-state index in [1.54, 1.807) is 30.5 Å². The van der Waals surface area contributed by atoms with Crippen LogP contribution in [-0.2, 0) is 11.2 Å². The molecule has 3 aromatic rings. The molecular weight excluding hydrogens is 364 g/mol. The monoisotopic (exact) mass is 384 g/mol. The van der Waals surface area contributed by atoms with Gasteiger partial charge < -0.3 is 20.9 Å². The van der Waals surface area contributed by atoms with Crippen molar-refractivity contribution in [1.29, 1.82) is 0 Å². The SMILES string of the molecule is C=CCc1ccc(NC(=O)Nc2ccc3c(c2)/C(=C/c2ccc[nH]2)C(=O)N3)cc1. The second kappa shape index (κ2) is 7.90. The number of H-pyrrole nitrogens is 1. The van der Waals surface area contributed by atoms with E-state index in [2.05, 4.69) is 27.5 Å². The van der Waals surface area contributed by atoms with Crippen LogP contribution in [0.3, 0.4) is 0 Å². The number of aromatic nitrogens is 1. The van der Waals surface area contributed by atoms with Gasteiger partial charge in [-0.3, -0.25) is 4.79 Å². The Morgan fingerprint density at radius 3 is 2.52 bits per heavy atom. The molecule has 0 aliphatic carbocycles. The fourth-order valence-electron chi connectivity index (χ4n) is 3.18. The van der Waals surface area contributed by atoms with Gasteiger partial charge in [0.1, 0.15) is 0 Å². The number of aromatic amines is 1. The molecule has 1 aliphatic rings. The molecule has 0 bridgehead atoms. The first-order valence-electron chi connectivity index (χ1n) is 9.21. The lowest BCUT2D eigenvalue weighted by molar-refractivity contribution is -0.110. The number of carbonyl (C=O) groups excluding carboxylic acids is 2. The molecule has 3 amide bonds. The van der Waals surface area contributed by atoms with Crippen molar-refractivity contribution < 1.29 is 9.59 Å². The zero-order valence-corrected chi connectivity index (χ0v) is 15.7. The van der Waals surface area contributed by atoms with Gasteiger partial charge in [-0.25, -0.2) is 4.79 Å². The lowest BCUT2D eigenvalue weighted by Gasteiger charge is -2.09. The minimum absolute atomic E-state index is 0.171. The summed E-state index contributed by atoms with van der Waals surface area (Å²) >= 11 is 0. The molecule has 6 nitrogen and oxygen atoms in total. The summed E-state index contributed by atoms with van der Waals surface area (Å²) in [7, 11) is 0. The number of rotatable bonds is 5. The Balaban J connectivity index is 1.49. The number of nitrogens with one attached hydrogen (secondary N) is 4. The molecule has 0 spiro atoms. The minimum atomic E-state index is -0.353. The van der Waals surface area contributed by atoms with Crippen LogP contribution in [-0.4, -0.2) is 16.9 Å². The molecule has 0 saturated carbocycles. The van der Waals surface area contributed by atoms with Crippen molar-refractivity contribution in [2.24, 2.45) is 0 Å². The molecule has 0 fully saturated rings. The zero-order chi connectivity index (χ0) is 20.2. The average Bonchev–Trinajstić information content (AvgIpc) is 3.32. The fraction of sp³-hybridized carbons (Fsp3) is 0.0435. The quantitative estimate of drug-likeness (QED) is 0.373. The second-order valence-corrected chi connectivity index (χ2v) is 6.67. The third kappa shape index (κ3) is 4.11. The van der Waals surface area contributed by atoms with Crippen molar-refractivity contribution in [3.63, 3.8) is 0 Å². The van der Waals surface area contributed by atoms with Crippen LogP contribution in [0, 0.1) is 0 Å². The smallest absolute Gasteiger partial charge is 0.323 e. The van der Waals surface area contributed by atoms with Crippen molar-refractivity contribution in [3.05, 3.63) is 90.3 Å². The lowest BCUT2D eigenvalue weighted by Crippen LogP contribution is -2.19. The Labute approximate surface area is 168 Å². The number of amides is 3. The van der Waals surface area contributed by atoms with Gasteiger partial charge in [-0.05, 0) is 60.5 Å². The highest BCUT2D eigenvalue weighted by molar-refractivity contribution is 6.35. The Morgan fingerprint density at radius 1 is 1.03 bits per heavy atom. The summed E-state index contributed by atoms with van der Waals surface area (Å²) < 4.78 is 0. The van der Waals surface area contributed by atoms with E-state index >= 15 is 0 Å². The molecule has 0 radical (unpaired) electrons.